The van der Waals surface area contributed by atoms with Gasteiger partial charge in [0.1, 0.15) is 0 Å². The number of hydrogen-bond acceptors (Lipinski definition) is 3. The van der Waals surface area contributed by atoms with Crippen LogP contribution in [-0.2, 0) is 4.79 Å². The summed E-state index contributed by atoms with van der Waals surface area (Å²) in [6.07, 6.45) is 2.13. The van der Waals surface area contributed by atoms with Crippen LogP contribution in [0.3, 0.4) is 0 Å². The van der Waals surface area contributed by atoms with Gasteiger partial charge in [-0.3, -0.25) is 4.79 Å². The van der Waals surface area contributed by atoms with Gasteiger partial charge in [-0.25, -0.2) is 4.79 Å². The van der Waals surface area contributed by atoms with Crippen molar-refractivity contribution in [3.8, 4) is 0 Å². The molecule has 1 saturated heterocycles. The average Bonchev–Trinajstić information content (AvgIpc) is 2.38. The van der Waals surface area contributed by atoms with Crippen LogP contribution in [0, 0.1) is 0 Å². The normalized spacial score (nSPS) is 17.2. The van der Waals surface area contributed by atoms with Crippen LogP contribution in [0.2, 0.25) is 0 Å². The molecule has 0 aromatic carbocycles. The van der Waals surface area contributed by atoms with Crippen LogP contribution in [0.4, 0.5) is 4.79 Å². The number of rotatable bonds is 4. The molecule has 0 aromatic heterocycles. The predicted octanol–water partition coefficient (Wildman–Crippen LogP) is -0.236. The van der Waals surface area contributed by atoms with Crippen molar-refractivity contribution in [2.24, 2.45) is 5.73 Å². The molecule has 1 aliphatic rings. The molecule has 0 aliphatic carbocycles. The number of nitrogens with one attached hydrogen (secondary N) is 1. The van der Waals surface area contributed by atoms with Gasteiger partial charge in [0.25, 0.3) is 0 Å². The Bertz CT molecular complexity index is 311. The van der Waals surface area contributed by atoms with E-state index in [1.165, 1.54) is 0 Å². The zero-order chi connectivity index (χ0) is 13.5. The standard InChI is InChI=1S/C12H22N4O2/c1-3-5-10(13)11(17)15-6-8-16(9-7-15)12(18)14-4-2/h3,10H,1,4-9,13H2,2H3,(H,14,18). The van der Waals surface area contributed by atoms with Gasteiger partial charge in [0.05, 0.1) is 6.04 Å². The number of hydrogen-bond donors (Lipinski definition) is 2. The first kappa shape index (κ1) is 14.5. The van der Waals surface area contributed by atoms with Crippen LogP contribution in [0.25, 0.3) is 0 Å². The second-order valence-electron chi connectivity index (χ2n) is 4.28. The van der Waals surface area contributed by atoms with E-state index in [1.807, 2.05) is 6.92 Å². The molecule has 3 N–H and O–H groups in total. The Labute approximate surface area is 108 Å². The fourth-order valence-electron chi connectivity index (χ4n) is 1.91. The SMILES string of the molecule is C=CCC(N)C(=O)N1CCN(C(=O)NCC)CC1. The summed E-state index contributed by atoms with van der Waals surface area (Å²) in [5.74, 6) is -0.0644. The summed E-state index contributed by atoms with van der Waals surface area (Å²) >= 11 is 0. The van der Waals surface area contributed by atoms with Crippen molar-refractivity contribution >= 4 is 11.9 Å². The van der Waals surface area contributed by atoms with E-state index in [0.29, 0.717) is 39.1 Å². The first-order chi connectivity index (χ1) is 8.60. The Kier molecular flexibility index (Phi) is 5.64. The van der Waals surface area contributed by atoms with Crippen LogP contribution >= 0.6 is 0 Å². The third-order valence-electron chi connectivity index (χ3n) is 2.94. The van der Waals surface area contributed by atoms with E-state index in [0.717, 1.165) is 0 Å². The van der Waals surface area contributed by atoms with Crippen LogP contribution in [0.1, 0.15) is 13.3 Å². The maximum atomic E-state index is 11.9. The van der Waals surface area contributed by atoms with Gasteiger partial charge in [0.2, 0.25) is 5.91 Å². The van der Waals surface area contributed by atoms with Gasteiger partial charge in [0, 0.05) is 32.7 Å². The second kappa shape index (κ2) is 7.00. The highest BCUT2D eigenvalue weighted by Crippen LogP contribution is 2.05. The summed E-state index contributed by atoms with van der Waals surface area (Å²) in [5, 5.41) is 2.75. The molecule has 1 heterocycles. The summed E-state index contributed by atoms with van der Waals surface area (Å²) in [4.78, 5) is 26.9. The van der Waals surface area contributed by atoms with Crippen LogP contribution in [0.15, 0.2) is 12.7 Å². The van der Waals surface area contributed by atoms with Crippen molar-refractivity contribution in [1.82, 2.24) is 15.1 Å². The highest BCUT2D eigenvalue weighted by molar-refractivity contribution is 5.82. The Morgan fingerprint density at radius 1 is 1.33 bits per heavy atom. The monoisotopic (exact) mass is 254 g/mol. The van der Waals surface area contributed by atoms with Gasteiger partial charge in [-0.1, -0.05) is 6.08 Å². The molecule has 6 nitrogen and oxygen atoms in total. The molecular formula is C12H22N4O2. The highest BCUT2D eigenvalue weighted by atomic mass is 16.2. The topological polar surface area (TPSA) is 78.7 Å². The van der Waals surface area contributed by atoms with Gasteiger partial charge in [0.15, 0.2) is 0 Å². The lowest BCUT2D eigenvalue weighted by Gasteiger charge is -2.35. The second-order valence-corrected chi connectivity index (χ2v) is 4.28. The van der Waals surface area contributed by atoms with E-state index in [2.05, 4.69) is 11.9 Å². The molecular weight excluding hydrogens is 232 g/mol. The van der Waals surface area contributed by atoms with E-state index in [-0.39, 0.29) is 11.9 Å². The molecule has 1 aliphatic heterocycles. The summed E-state index contributed by atoms with van der Waals surface area (Å²) in [6.45, 7) is 8.26. The Hall–Kier alpha value is -1.56. The zero-order valence-corrected chi connectivity index (χ0v) is 10.9. The van der Waals surface area contributed by atoms with Crippen molar-refractivity contribution in [1.29, 1.82) is 0 Å². The molecule has 1 unspecified atom stereocenters. The molecule has 0 aromatic rings. The third-order valence-corrected chi connectivity index (χ3v) is 2.94. The molecule has 6 heteroatoms. The number of amides is 3. The fourth-order valence-corrected chi connectivity index (χ4v) is 1.91. The Morgan fingerprint density at radius 3 is 2.39 bits per heavy atom. The quantitative estimate of drug-likeness (QED) is 0.680. The molecule has 102 valence electrons. The maximum absolute atomic E-state index is 11.9. The lowest BCUT2D eigenvalue weighted by Crippen LogP contribution is -2.55. The first-order valence-electron chi connectivity index (χ1n) is 6.28. The number of urea groups is 1. The number of nitrogens with zero attached hydrogens (tertiary/aromatic N) is 2. The summed E-state index contributed by atoms with van der Waals surface area (Å²) in [5.41, 5.74) is 5.75. The van der Waals surface area contributed by atoms with Gasteiger partial charge >= 0.3 is 6.03 Å². The lowest BCUT2D eigenvalue weighted by molar-refractivity contribution is -0.133. The molecule has 1 atom stereocenters. The molecule has 3 amide bonds. The first-order valence-corrected chi connectivity index (χ1v) is 6.28. The van der Waals surface area contributed by atoms with E-state index in [4.69, 9.17) is 5.73 Å². The molecule has 0 radical (unpaired) electrons. The Balaban J connectivity index is 2.41. The minimum atomic E-state index is -0.515. The van der Waals surface area contributed by atoms with Gasteiger partial charge in [-0.2, -0.15) is 0 Å². The van der Waals surface area contributed by atoms with E-state index < -0.39 is 6.04 Å². The van der Waals surface area contributed by atoms with Gasteiger partial charge < -0.3 is 20.9 Å². The van der Waals surface area contributed by atoms with E-state index in [9.17, 15) is 9.59 Å². The van der Waals surface area contributed by atoms with Crippen molar-refractivity contribution in [3.63, 3.8) is 0 Å². The summed E-state index contributed by atoms with van der Waals surface area (Å²) in [6, 6.07) is -0.585. The summed E-state index contributed by atoms with van der Waals surface area (Å²) in [7, 11) is 0. The van der Waals surface area contributed by atoms with Crippen LogP contribution in [0.5, 0.6) is 0 Å². The molecule has 0 spiro atoms. The van der Waals surface area contributed by atoms with Crippen molar-refractivity contribution in [3.05, 3.63) is 12.7 Å². The molecule has 18 heavy (non-hydrogen) atoms. The third kappa shape index (κ3) is 3.73. The Morgan fingerprint density at radius 2 is 1.89 bits per heavy atom. The van der Waals surface area contributed by atoms with Gasteiger partial charge in [-0.15, -0.1) is 6.58 Å². The van der Waals surface area contributed by atoms with Gasteiger partial charge in [-0.05, 0) is 13.3 Å². The smallest absolute Gasteiger partial charge is 0.317 e. The average molecular weight is 254 g/mol. The fraction of sp³-hybridized carbons (Fsp3) is 0.667. The van der Waals surface area contributed by atoms with Crippen molar-refractivity contribution in [2.75, 3.05) is 32.7 Å². The number of carbonyl (C=O) groups excluding carboxylic acids is 2. The number of carbonyl (C=O) groups is 2. The van der Waals surface area contributed by atoms with Crippen molar-refractivity contribution in [2.45, 2.75) is 19.4 Å². The molecule has 1 fully saturated rings. The maximum Gasteiger partial charge on any atom is 0.317 e. The zero-order valence-electron chi connectivity index (χ0n) is 10.9. The van der Waals surface area contributed by atoms with E-state index >= 15 is 0 Å². The van der Waals surface area contributed by atoms with Crippen molar-refractivity contribution < 1.29 is 9.59 Å². The number of nitrogens with two attached hydrogens (primary N) is 1. The molecule has 0 saturated carbocycles. The van der Waals surface area contributed by atoms with E-state index in [1.54, 1.807) is 15.9 Å². The highest BCUT2D eigenvalue weighted by Gasteiger charge is 2.26. The van der Waals surface area contributed by atoms with Crippen LogP contribution < -0.4 is 11.1 Å². The lowest BCUT2D eigenvalue weighted by atomic mass is 10.2. The molecule has 0 bridgehead atoms. The predicted molar refractivity (Wildman–Crippen MR) is 70.0 cm³/mol. The number of piperazine rings is 1. The minimum Gasteiger partial charge on any atom is -0.338 e. The largest absolute Gasteiger partial charge is 0.338 e. The summed E-state index contributed by atoms with van der Waals surface area (Å²) < 4.78 is 0. The molecule has 1 rings (SSSR count). The van der Waals surface area contributed by atoms with Crippen LogP contribution in [-0.4, -0.2) is 60.5 Å². The minimum absolute atomic E-state index is 0.0644.